The Morgan fingerprint density at radius 2 is 2.15 bits per heavy atom. The van der Waals surface area contributed by atoms with Crippen LogP contribution in [0.25, 0.3) is 0 Å². The zero-order valence-electron chi connectivity index (χ0n) is 10.3. The molecule has 20 heavy (non-hydrogen) atoms. The SMILES string of the molecule is Cc1cc(C#N)c(C(F)(F)F)cc1NC(=O)C(O)CBr. The van der Waals surface area contributed by atoms with E-state index in [0.29, 0.717) is 11.6 Å². The molecule has 1 atom stereocenters. The number of aliphatic hydroxyl groups is 1. The summed E-state index contributed by atoms with van der Waals surface area (Å²) < 4.78 is 38.4. The lowest BCUT2D eigenvalue weighted by Crippen LogP contribution is -2.29. The van der Waals surface area contributed by atoms with Gasteiger partial charge in [-0.2, -0.15) is 18.4 Å². The van der Waals surface area contributed by atoms with E-state index in [2.05, 4.69) is 21.2 Å². The quantitative estimate of drug-likeness (QED) is 0.823. The van der Waals surface area contributed by atoms with Gasteiger partial charge in [-0.15, -0.1) is 0 Å². The molecule has 0 aliphatic heterocycles. The molecule has 0 aliphatic carbocycles. The molecule has 1 aromatic rings. The zero-order chi connectivity index (χ0) is 15.5. The highest BCUT2D eigenvalue weighted by Gasteiger charge is 2.34. The van der Waals surface area contributed by atoms with E-state index >= 15 is 0 Å². The number of aryl methyl sites for hydroxylation is 1. The molecule has 8 heteroatoms. The van der Waals surface area contributed by atoms with Crippen LogP contribution in [0.5, 0.6) is 0 Å². The number of alkyl halides is 4. The second-order valence-corrected chi connectivity index (χ2v) is 4.63. The van der Waals surface area contributed by atoms with E-state index in [1.807, 2.05) is 0 Å². The minimum absolute atomic E-state index is 0.0414. The minimum Gasteiger partial charge on any atom is -0.382 e. The molecule has 1 amide bonds. The van der Waals surface area contributed by atoms with Gasteiger partial charge in [0.2, 0.25) is 0 Å². The molecular weight excluding hydrogens is 341 g/mol. The predicted molar refractivity (Wildman–Crippen MR) is 69.3 cm³/mol. The summed E-state index contributed by atoms with van der Waals surface area (Å²) in [6.45, 7) is 1.46. The molecule has 1 aromatic carbocycles. The average molecular weight is 351 g/mol. The second kappa shape index (κ2) is 6.24. The van der Waals surface area contributed by atoms with Gasteiger partial charge in [0.1, 0.15) is 6.10 Å². The van der Waals surface area contributed by atoms with Crippen LogP contribution in [0, 0.1) is 18.3 Å². The molecule has 1 unspecified atom stereocenters. The number of rotatable bonds is 3. The molecule has 0 aliphatic rings. The van der Waals surface area contributed by atoms with Crippen LogP contribution in [-0.2, 0) is 11.0 Å². The third-order valence-electron chi connectivity index (χ3n) is 2.50. The highest BCUT2D eigenvalue weighted by Crippen LogP contribution is 2.35. The first-order valence-electron chi connectivity index (χ1n) is 5.37. The summed E-state index contributed by atoms with van der Waals surface area (Å²) in [7, 11) is 0. The summed E-state index contributed by atoms with van der Waals surface area (Å²) in [5.74, 6) is -0.831. The van der Waals surface area contributed by atoms with Gasteiger partial charge in [0.05, 0.1) is 17.2 Å². The topological polar surface area (TPSA) is 73.1 Å². The molecule has 0 saturated carbocycles. The fourth-order valence-corrected chi connectivity index (χ4v) is 1.75. The largest absolute Gasteiger partial charge is 0.417 e. The number of nitrogens with zero attached hydrogens (tertiary/aromatic N) is 1. The van der Waals surface area contributed by atoms with Crippen LogP contribution in [-0.4, -0.2) is 22.4 Å². The number of nitrogens with one attached hydrogen (secondary N) is 1. The van der Waals surface area contributed by atoms with Crippen molar-refractivity contribution in [3.05, 3.63) is 28.8 Å². The third kappa shape index (κ3) is 3.71. The maximum absolute atomic E-state index is 12.8. The Labute approximate surface area is 121 Å². The van der Waals surface area contributed by atoms with Crippen LogP contribution in [0.1, 0.15) is 16.7 Å². The Morgan fingerprint density at radius 1 is 1.55 bits per heavy atom. The van der Waals surface area contributed by atoms with Crippen LogP contribution >= 0.6 is 15.9 Å². The number of amides is 1. The average Bonchev–Trinajstić information content (AvgIpc) is 2.38. The molecule has 0 bridgehead atoms. The standard InChI is InChI=1S/C12H10BrF3N2O2/c1-6-2-7(5-17)8(12(14,15)16)3-9(6)18-11(20)10(19)4-13/h2-3,10,19H,4H2,1H3,(H,18,20). The fourth-order valence-electron chi connectivity index (χ4n) is 1.46. The molecule has 1 rings (SSSR count). The first-order chi connectivity index (χ1) is 9.20. The monoisotopic (exact) mass is 350 g/mol. The van der Waals surface area contributed by atoms with Gasteiger partial charge in [0, 0.05) is 11.0 Å². The molecule has 0 heterocycles. The Kier molecular flexibility index (Phi) is 5.14. The Hall–Kier alpha value is -1.59. The van der Waals surface area contributed by atoms with E-state index < -0.39 is 29.3 Å². The number of benzene rings is 1. The molecule has 4 nitrogen and oxygen atoms in total. The summed E-state index contributed by atoms with van der Waals surface area (Å²) in [6.07, 6.45) is -6.08. The Balaban J connectivity index is 3.23. The minimum atomic E-state index is -4.70. The van der Waals surface area contributed by atoms with Gasteiger partial charge in [-0.3, -0.25) is 4.79 Å². The molecular formula is C12H10BrF3N2O2. The van der Waals surface area contributed by atoms with Gasteiger partial charge in [0.15, 0.2) is 0 Å². The fraction of sp³-hybridized carbons (Fsp3) is 0.333. The Morgan fingerprint density at radius 3 is 2.60 bits per heavy atom. The lowest BCUT2D eigenvalue weighted by molar-refractivity contribution is -0.137. The maximum atomic E-state index is 12.8. The number of nitriles is 1. The summed E-state index contributed by atoms with van der Waals surface area (Å²) in [5.41, 5.74) is -1.45. The van der Waals surface area contributed by atoms with Crippen LogP contribution in [0.3, 0.4) is 0 Å². The van der Waals surface area contributed by atoms with E-state index in [0.717, 1.165) is 6.07 Å². The van der Waals surface area contributed by atoms with Gasteiger partial charge in [-0.1, -0.05) is 15.9 Å². The number of hydrogen-bond donors (Lipinski definition) is 2. The molecule has 0 aromatic heterocycles. The van der Waals surface area contributed by atoms with E-state index in [1.54, 1.807) is 0 Å². The second-order valence-electron chi connectivity index (χ2n) is 3.98. The number of carbonyl (C=O) groups excluding carboxylic acids is 1. The van der Waals surface area contributed by atoms with Crippen molar-refractivity contribution < 1.29 is 23.1 Å². The summed E-state index contributed by atoms with van der Waals surface area (Å²) in [4.78, 5) is 11.5. The smallest absolute Gasteiger partial charge is 0.382 e. The van der Waals surface area contributed by atoms with Crippen molar-refractivity contribution in [1.82, 2.24) is 0 Å². The number of aliphatic hydroxyl groups excluding tert-OH is 1. The highest BCUT2D eigenvalue weighted by molar-refractivity contribution is 9.09. The number of hydrogen-bond acceptors (Lipinski definition) is 3. The molecule has 0 radical (unpaired) electrons. The highest BCUT2D eigenvalue weighted by atomic mass is 79.9. The third-order valence-corrected chi connectivity index (χ3v) is 3.11. The maximum Gasteiger partial charge on any atom is 0.417 e. The van der Waals surface area contributed by atoms with Gasteiger partial charge in [-0.25, -0.2) is 0 Å². The van der Waals surface area contributed by atoms with Crippen molar-refractivity contribution in [2.75, 3.05) is 10.6 Å². The van der Waals surface area contributed by atoms with E-state index in [4.69, 9.17) is 5.26 Å². The van der Waals surface area contributed by atoms with Crippen molar-refractivity contribution in [2.24, 2.45) is 0 Å². The van der Waals surface area contributed by atoms with Gasteiger partial charge >= 0.3 is 6.18 Å². The van der Waals surface area contributed by atoms with Gasteiger partial charge < -0.3 is 10.4 Å². The lowest BCUT2D eigenvalue weighted by atomic mass is 10.0. The summed E-state index contributed by atoms with van der Waals surface area (Å²) in [6, 6.07) is 3.20. The zero-order valence-corrected chi connectivity index (χ0v) is 11.8. The van der Waals surface area contributed by atoms with E-state index in [1.165, 1.54) is 13.0 Å². The van der Waals surface area contributed by atoms with E-state index in [9.17, 15) is 23.1 Å². The summed E-state index contributed by atoms with van der Waals surface area (Å²) in [5, 5.41) is 20.2. The molecule has 0 saturated heterocycles. The number of carbonyl (C=O) groups is 1. The number of halogens is 4. The Bertz CT molecular complexity index is 567. The van der Waals surface area contributed by atoms with E-state index in [-0.39, 0.29) is 11.0 Å². The predicted octanol–water partition coefficient (Wildman–Crippen LogP) is 2.58. The van der Waals surface area contributed by atoms with Crippen LogP contribution in [0.4, 0.5) is 18.9 Å². The molecule has 0 spiro atoms. The first kappa shape index (κ1) is 16.5. The van der Waals surface area contributed by atoms with Gasteiger partial charge in [-0.05, 0) is 24.6 Å². The molecule has 0 fully saturated rings. The first-order valence-corrected chi connectivity index (χ1v) is 6.49. The van der Waals surface area contributed by atoms with Crippen molar-refractivity contribution in [2.45, 2.75) is 19.2 Å². The summed E-state index contributed by atoms with van der Waals surface area (Å²) >= 11 is 2.88. The molecule has 108 valence electrons. The van der Waals surface area contributed by atoms with Gasteiger partial charge in [0.25, 0.3) is 5.91 Å². The lowest BCUT2D eigenvalue weighted by Gasteiger charge is -2.15. The van der Waals surface area contributed by atoms with Crippen molar-refractivity contribution >= 4 is 27.5 Å². The normalized spacial score (nSPS) is 12.7. The van der Waals surface area contributed by atoms with Crippen LogP contribution in [0.15, 0.2) is 12.1 Å². The van der Waals surface area contributed by atoms with Crippen molar-refractivity contribution in [1.29, 1.82) is 5.26 Å². The van der Waals surface area contributed by atoms with Crippen molar-refractivity contribution in [3.63, 3.8) is 0 Å². The number of anilines is 1. The van der Waals surface area contributed by atoms with Crippen LogP contribution < -0.4 is 5.32 Å². The molecule has 2 N–H and O–H groups in total. The van der Waals surface area contributed by atoms with Crippen LogP contribution in [0.2, 0.25) is 0 Å². The van der Waals surface area contributed by atoms with Crippen molar-refractivity contribution in [3.8, 4) is 6.07 Å².